The minimum absolute atomic E-state index is 0.578. The summed E-state index contributed by atoms with van der Waals surface area (Å²) in [6, 6.07) is 0. The van der Waals surface area contributed by atoms with Crippen LogP contribution in [0.15, 0.2) is 0 Å². The van der Waals surface area contributed by atoms with E-state index in [1.807, 2.05) is 0 Å². The van der Waals surface area contributed by atoms with Crippen molar-refractivity contribution in [3.63, 3.8) is 0 Å². The van der Waals surface area contributed by atoms with Crippen LogP contribution in [0.3, 0.4) is 0 Å². The molecule has 0 rings (SSSR count). The summed E-state index contributed by atoms with van der Waals surface area (Å²) in [4.78, 5) is 0. The number of unbranched alkanes of at least 4 members (excludes halogenated alkanes) is 2. The summed E-state index contributed by atoms with van der Waals surface area (Å²) >= 11 is 0. The molecule has 0 saturated heterocycles. The molecule has 26 heavy (non-hydrogen) atoms. The van der Waals surface area contributed by atoms with Crippen molar-refractivity contribution in [2.45, 2.75) is 46.5 Å². The Kier molecular flexibility index (Phi) is 22.6. The van der Waals surface area contributed by atoms with Gasteiger partial charge in [-0.2, -0.15) is 0 Å². The predicted octanol–water partition coefficient (Wildman–Crippen LogP) is 3.32. The fraction of sp³-hybridized carbons (Fsp3) is 1.00. The second kappa shape index (κ2) is 22.8. The van der Waals surface area contributed by atoms with Crippen molar-refractivity contribution in [1.82, 2.24) is 0 Å². The Hall–Kier alpha value is -0.240. The maximum atomic E-state index is 5.51. The molecule has 0 radical (unpaired) electrons. The van der Waals surface area contributed by atoms with E-state index >= 15 is 0 Å². The minimum atomic E-state index is 0.578. The molecule has 0 N–H and O–H groups in total. The van der Waals surface area contributed by atoms with E-state index in [4.69, 9.17) is 28.4 Å². The van der Waals surface area contributed by atoms with E-state index < -0.39 is 0 Å². The topological polar surface area (TPSA) is 55.4 Å². The van der Waals surface area contributed by atoms with Gasteiger partial charge >= 0.3 is 0 Å². The van der Waals surface area contributed by atoms with E-state index in [-0.39, 0.29) is 0 Å². The van der Waals surface area contributed by atoms with Crippen LogP contribution in [0.5, 0.6) is 0 Å². The first-order valence-corrected chi connectivity index (χ1v) is 10.3. The molecule has 0 fully saturated rings. The minimum Gasteiger partial charge on any atom is -0.379 e. The third-order valence-corrected chi connectivity index (χ3v) is 3.85. The van der Waals surface area contributed by atoms with Crippen LogP contribution in [0.1, 0.15) is 46.5 Å². The standard InChI is InChI=1S/C20H42O6/c1-4-6-7-8-21-9-10-22-11-12-23-13-14-24-15-16-25-17-18-26-19-20(3)5-2/h20H,4-19H2,1-3H3. The van der Waals surface area contributed by atoms with Crippen molar-refractivity contribution >= 4 is 0 Å². The van der Waals surface area contributed by atoms with Crippen LogP contribution in [0.2, 0.25) is 0 Å². The normalized spacial score (nSPS) is 12.6. The average Bonchev–Trinajstić information content (AvgIpc) is 2.66. The summed E-state index contributed by atoms with van der Waals surface area (Å²) in [5.41, 5.74) is 0. The summed E-state index contributed by atoms with van der Waals surface area (Å²) in [5.74, 6) is 0.618. The largest absolute Gasteiger partial charge is 0.379 e. The van der Waals surface area contributed by atoms with E-state index in [2.05, 4.69) is 20.8 Å². The van der Waals surface area contributed by atoms with E-state index in [0.29, 0.717) is 72.0 Å². The van der Waals surface area contributed by atoms with Gasteiger partial charge in [-0.3, -0.25) is 0 Å². The molecule has 0 aromatic heterocycles. The summed E-state index contributed by atoms with van der Waals surface area (Å²) < 4.78 is 32.7. The molecular formula is C20H42O6. The van der Waals surface area contributed by atoms with Crippen molar-refractivity contribution in [3.8, 4) is 0 Å². The molecule has 0 saturated carbocycles. The van der Waals surface area contributed by atoms with Gasteiger partial charge in [-0.25, -0.2) is 0 Å². The highest BCUT2D eigenvalue weighted by atomic mass is 16.6. The second-order valence-corrected chi connectivity index (χ2v) is 6.36. The molecule has 6 heteroatoms. The third-order valence-electron chi connectivity index (χ3n) is 3.85. The molecule has 0 aromatic carbocycles. The van der Waals surface area contributed by atoms with Crippen molar-refractivity contribution in [2.75, 3.05) is 79.3 Å². The Balaban J connectivity index is 2.99. The molecule has 158 valence electrons. The number of hydrogen-bond donors (Lipinski definition) is 0. The maximum absolute atomic E-state index is 5.51. The van der Waals surface area contributed by atoms with Crippen molar-refractivity contribution in [3.05, 3.63) is 0 Å². The molecule has 0 aliphatic heterocycles. The maximum Gasteiger partial charge on any atom is 0.0701 e. The third kappa shape index (κ3) is 21.8. The number of rotatable bonds is 22. The first-order chi connectivity index (χ1) is 12.8. The Morgan fingerprint density at radius 3 is 1.27 bits per heavy atom. The van der Waals surface area contributed by atoms with Gasteiger partial charge in [-0.1, -0.05) is 40.0 Å². The fourth-order valence-corrected chi connectivity index (χ4v) is 1.96. The average molecular weight is 379 g/mol. The van der Waals surface area contributed by atoms with Crippen molar-refractivity contribution < 1.29 is 28.4 Å². The fourth-order valence-electron chi connectivity index (χ4n) is 1.96. The summed E-state index contributed by atoms with van der Waals surface area (Å²) in [5, 5.41) is 0. The highest BCUT2D eigenvalue weighted by Gasteiger charge is 1.98. The number of ether oxygens (including phenoxy) is 6. The quantitative estimate of drug-likeness (QED) is 0.269. The highest BCUT2D eigenvalue weighted by molar-refractivity contribution is 4.46. The van der Waals surface area contributed by atoms with Crippen molar-refractivity contribution in [2.24, 2.45) is 5.92 Å². The molecule has 0 aromatic rings. The first-order valence-electron chi connectivity index (χ1n) is 10.3. The molecule has 0 heterocycles. The lowest BCUT2D eigenvalue weighted by Gasteiger charge is -2.10. The lowest BCUT2D eigenvalue weighted by Crippen LogP contribution is -2.14. The van der Waals surface area contributed by atoms with Gasteiger partial charge in [0.1, 0.15) is 0 Å². The van der Waals surface area contributed by atoms with Gasteiger partial charge in [0.25, 0.3) is 0 Å². The smallest absolute Gasteiger partial charge is 0.0701 e. The Morgan fingerprint density at radius 2 is 0.885 bits per heavy atom. The Morgan fingerprint density at radius 1 is 0.500 bits per heavy atom. The molecule has 6 nitrogen and oxygen atoms in total. The highest BCUT2D eigenvalue weighted by Crippen LogP contribution is 2.00. The van der Waals surface area contributed by atoms with Gasteiger partial charge in [0.2, 0.25) is 0 Å². The van der Waals surface area contributed by atoms with Crippen LogP contribution in [-0.4, -0.2) is 79.3 Å². The SMILES string of the molecule is CCCCCOCCOCCOCCOCCOCCOCC(C)CC. The molecule has 0 bridgehead atoms. The van der Waals surface area contributed by atoms with E-state index in [9.17, 15) is 0 Å². The lowest BCUT2D eigenvalue weighted by atomic mass is 10.1. The predicted molar refractivity (Wildman–Crippen MR) is 104 cm³/mol. The van der Waals surface area contributed by atoms with E-state index in [1.165, 1.54) is 12.8 Å². The molecule has 1 atom stereocenters. The zero-order chi connectivity index (χ0) is 19.1. The van der Waals surface area contributed by atoms with E-state index in [1.54, 1.807) is 0 Å². The zero-order valence-electron chi connectivity index (χ0n) is 17.3. The first kappa shape index (κ1) is 25.8. The van der Waals surface area contributed by atoms with Crippen molar-refractivity contribution in [1.29, 1.82) is 0 Å². The Bertz CT molecular complexity index is 252. The monoisotopic (exact) mass is 378 g/mol. The number of hydrogen-bond acceptors (Lipinski definition) is 6. The molecule has 0 aliphatic rings. The Labute approximate surface area is 160 Å². The molecule has 0 aliphatic carbocycles. The van der Waals surface area contributed by atoms with Gasteiger partial charge in [0, 0.05) is 13.2 Å². The van der Waals surface area contributed by atoms with Crippen LogP contribution >= 0.6 is 0 Å². The molecular weight excluding hydrogens is 336 g/mol. The zero-order valence-corrected chi connectivity index (χ0v) is 17.3. The van der Waals surface area contributed by atoms with Crippen LogP contribution < -0.4 is 0 Å². The lowest BCUT2D eigenvalue weighted by molar-refractivity contribution is -0.0182. The molecule has 0 amide bonds. The van der Waals surface area contributed by atoms with Crippen LogP contribution in [0.25, 0.3) is 0 Å². The van der Waals surface area contributed by atoms with Crippen LogP contribution in [-0.2, 0) is 28.4 Å². The van der Waals surface area contributed by atoms with E-state index in [0.717, 1.165) is 26.1 Å². The van der Waals surface area contributed by atoms with Crippen LogP contribution in [0, 0.1) is 5.92 Å². The molecule has 0 spiro atoms. The van der Waals surface area contributed by atoms with Gasteiger partial charge in [-0.05, 0) is 12.3 Å². The summed E-state index contributed by atoms with van der Waals surface area (Å²) in [6.07, 6.45) is 4.74. The van der Waals surface area contributed by atoms with Gasteiger partial charge < -0.3 is 28.4 Å². The van der Waals surface area contributed by atoms with Gasteiger partial charge in [0.15, 0.2) is 0 Å². The second-order valence-electron chi connectivity index (χ2n) is 6.36. The molecule has 1 unspecified atom stereocenters. The summed E-state index contributed by atoms with van der Waals surface area (Å²) in [6.45, 7) is 14.3. The summed E-state index contributed by atoms with van der Waals surface area (Å²) in [7, 11) is 0. The van der Waals surface area contributed by atoms with Crippen LogP contribution in [0.4, 0.5) is 0 Å². The van der Waals surface area contributed by atoms with Gasteiger partial charge in [0.05, 0.1) is 66.1 Å². The van der Waals surface area contributed by atoms with Gasteiger partial charge in [-0.15, -0.1) is 0 Å².